The van der Waals surface area contributed by atoms with E-state index in [1.165, 1.54) is 0 Å². The minimum Gasteiger partial charge on any atom is -0.492 e. The fourth-order valence-corrected chi connectivity index (χ4v) is 2.43. The fourth-order valence-electron chi connectivity index (χ4n) is 1.46. The Hall–Kier alpha value is -1.60. The van der Waals surface area contributed by atoms with Crippen LogP contribution in [0.2, 0.25) is 5.02 Å². The molecule has 0 saturated heterocycles. The maximum absolute atomic E-state index is 11.5. The van der Waals surface area contributed by atoms with E-state index in [4.69, 9.17) is 26.2 Å². The normalized spacial score (nSPS) is 11.0. The number of aliphatic carboxylic acids is 1. The lowest BCUT2D eigenvalue weighted by Crippen LogP contribution is -2.34. The summed E-state index contributed by atoms with van der Waals surface area (Å²) in [5.41, 5.74) is -0.544. The van der Waals surface area contributed by atoms with Crippen LogP contribution >= 0.6 is 23.4 Å². The van der Waals surface area contributed by atoms with Gasteiger partial charge >= 0.3 is 12.1 Å². The number of alkyl carbamates (subject to hydrolysis) is 1. The summed E-state index contributed by atoms with van der Waals surface area (Å²) in [6.45, 7) is 5.90. The number of hydrogen-bond donors (Lipinski definition) is 2. The van der Waals surface area contributed by atoms with E-state index in [1.54, 1.807) is 39.0 Å². The molecule has 23 heavy (non-hydrogen) atoms. The lowest BCUT2D eigenvalue weighted by molar-refractivity contribution is -0.133. The van der Waals surface area contributed by atoms with E-state index >= 15 is 0 Å². The van der Waals surface area contributed by atoms with Gasteiger partial charge < -0.3 is 19.9 Å². The molecule has 1 amide bonds. The highest BCUT2D eigenvalue weighted by Gasteiger charge is 2.15. The summed E-state index contributed by atoms with van der Waals surface area (Å²) in [4.78, 5) is 22.7. The van der Waals surface area contributed by atoms with Crippen molar-refractivity contribution in [3.05, 3.63) is 23.2 Å². The van der Waals surface area contributed by atoms with E-state index < -0.39 is 17.7 Å². The Labute approximate surface area is 144 Å². The molecule has 0 aliphatic carbocycles. The van der Waals surface area contributed by atoms with Crippen molar-refractivity contribution in [2.75, 3.05) is 18.9 Å². The first-order valence-electron chi connectivity index (χ1n) is 6.91. The van der Waals surface area contributed by atoms with Gasteiger partial charge in [0.1, 0.15) is 18.0 Å². The fraction of sp³-hybridized carbons (Fsp3) is 0.467. The van der Waals surface area contributed by atoms with Crippen molar-refractivity contribution in [1.82, 2.24) is 5.32 Å². The van der Waals surface area contributed by atoms with Crippen LogP contribution in [0.25, 0.3) is 0 Å². The Morgan fingerprint density at radius 3 is 2.65 bits per heavy atom. The van der Waals surface area contributed by atoms with Crippen LogP contribution in [-0.4, -0.2) is 41.7 Å². The van der Waals surface area contributed by atoms with Gasteiger partial charge in [0.25, 0.3) is 0 Å². The Morgan fingerprint density at radius 1 is 1.35 bits per heavy atom. The lowest BCUT2D eigenvalue weighted by Gasteiger charge is -2.19. The number of thioether (sulfide) groups is 1. The molecule has 6 nitrogen and oxygen atoms in total. The highest BCUT2D eigenvalue weighted by atomic mass is 35.5. The van der Waals surface area contributed by atoms with Crippen LogP contribution in [0.15, 0.2) is 23.1 Å². The number of ether oxygens (including phenoxy) is 2. The Morgan fingerprint density at radius 2 is 2.04 bits per heavy atom. The molecule has 0 aliphatic rings. The molecule has 0 aromatic heterocycles. The number of halogens is 1. The molecule has 0 bridgehead atoms. The van der Waals surface area contributed by atoms with Crippen LogP contribution in [0.5, 0.6) is 5.75 Å². The summed E-state index contributed by atoms with van der Waals surface area (Å²) >= 11 is 7.12. The number of carbonyl (C=O) groups excluding carboxylic acids is 1. The largest absolute Gasteiger partial charge is 0.492 e. The molecule has 0 unspecified atom stereocenters. The number of hydrogen-bond acceptors (Lipinski definition) is 5. The number of amides is 1. The molecule has 128 valence electrons. The second kappa shape index (κ2) is 8.88. The second-order valence-corrected chi connectivity index (χ2v) is 6.98. The van der Waals surface area contributed by atoms with Gasteiger partial charge in [0.2, 0.25) is 0 Å². The maximum Gasteiger partial charge on any atom is 0.407 e. The zero-order valence-electron chi connectivity index (χ0n) is 13.2. The third kappa shape index (κ3) is 8.56. The van der Waals surface area contributed by atoms with Crippen molar-refractivity contribution in [2.24, 2.45) is 0 Å². The third-order valence-electron chi connectivity index (χ3n) is 2.29. The molecule has 0 fully saturated rings. The summed E-state index contributed by atoms with van der Waals surface area (Å²) in [5, 5.41) is 11.7. The average Bonchev–Trinajstić information content (AvgIpc) is 2.41. The zero-order valence-corrected chi connectivity index (χ0v) is 14.8. The molecule has 1 aromatic carbocycles. The van der Waals surface area contributed by atoms with Crippen molar-refractivity contribution in [3.8, 4) is 5.75 Å². The van der Waals surface area contributed by atoms with Crippen LogP contribution in [0, 0.1) is 0 Å². The zero-order chi connectivity index (χ0) is 17.5. The molecule has 0 saturated carbocycles. The van der Waals surface area contributed by atoms with E-state index in [-0.39, 0.29) is 18.9 Å². The second-order valence-electron chi connectivity index (χ2n) is 5.55. The van der Waals surface area contributed by atoms with E-state index in [0.29, 0.717) is 15.7 Å². The van der Waals surface area contributed by atoms with Gasteiger partial charge in [-0.2, -0.15) is 0 Å². The van der Waals surface area contributed by atoms with Crippen molar-refractivity contribution < 1.29 is 24.2 Å². The molecular weight excluding hydrogens is 342 g/mol. The number of carboxylic acids is 1. The highest BCUT2D eigenvalue weighted by Crippen LogP contribution is 2.30. The first-order valence-corrected chi connectivity index (χ1v) is 8.27. The van der Waals surface area contributed by atoms with Crippen LogP contribution in [0.4, 0.5) is 4.79 Å². The predicted octanol–water partition coefficient (Wildman–Crippen LogP) is 3.42. The van der Waals surface area contributed by atoms with Gasteiger partial charge in [-0.3, -0.25) is 4.79 Å². The van der Waals surface area contributed by atoms with E-state index in [2.05, 4.69) is 5.32 Å². The standard InChI is InChI=1S/C15H20ClNO5S/c1-15(2,3)22-14(20)17-6-7-21-10-4-5-11(16)12(8-10)23-9-13(18)19/h4-5,8H,6-7,9H2,1-3H3,(H,17,20)(H,18,19). The van der Waals surface area contributed by atoms with Gasteiger partial charge in [-0.1, -0.05) is 11.6 Å². The topological polar surface area (TPSA) is 84.9 Å². The van der Waals surface area contributed by atoms with Crippen LogP contribution < -0.4 is 10.1 Å². The lowest BCUT2D eigenvalue weighted by atomic mass is 10.2. The average molecular weight is 362 g/mol. The molecule has 0 spiro atoms. The summed E-state index contributed by atoms with van der Waals surface area (Å²) in [5.74, 6) is -0.448. The minimum absolute atomic E-state index is 0.0800. The van der Waals surface area contributed by atoms with Gasteiger partial charge in [0.15, 0.2) is 0 Å². The van der Waals surface area contributed by atoms with Crippen molar-refractivity contribution in [3.63, 3.8) is 0 Å². The molecule has 1 aromatic rings. The summed E-state index contributed by atoms with van der Waals surface area (Å²) in [6, 6.07) is 4.99. The number of carboxylic acid groups (broad SMARTS) is 1. The Bertz CT molecular complexity index is 559. The molecule has 1 rings (SSSR count). The molecule has 0 heterocycles. The quantitative estimate of drug-likeness (QED) is 0.571. The molecular formula is C15H20ClNO5S. The summed E-state index contributed by atoms with van der Waals surface area (Å²) in [6.07, 6.45) is -0.505. The van der Waals surface area contributed by atoms with Crippen LogP contribution in [-0.2, 0) is 9.53 Å². The van der Waals surface area contributed by atoms with Gasteiger partial charge in [0, 0.05) is 4.90 Å². The summed E-state index contributed by atoms with van der Waals surface area (Å²) in [7, 11) is 0. The van der Waals surface area contributed by atoms with Gasteiger partial charge in [0.05, 0.1) is 17.3 Å². The number of carbonyl (C=O) groups is 2. The van der Waals surface area contributed by atoms with Crippen molar-refractivity contribution >= 4 is 35.4 Å². The smallest absolute Gasteiger partial charge is 0.407 e. The predicted molar refractivity (Wildman–Crippen MR) is 89.5 cm³/mol. The molecule has 0 radical (unpaired) electrons. The van der Waals surface area contributed by atoms with Crippen LogP contribution in [0.3, 0.4) is 0 Å². The van der Waals surface area contributed by atoms with E-state index in [0.717, 1.165) is 11.8 Å². The minimum atomic E-state index is -0.918. The van der Waals surface area contributed by atoms with Crippen molar-refractivity contribution in [1.29, 1.82) is 0 Å². The first kappa shape index (κ1) is 19.4. The SMILES string of the molecule is CC(C)(C)OC(=O)NCCOc1ccc(Cl)c(SCC(=O)O)c1. The number of rotatable bonds is 7. The van der Waals surface area contributed by atoms with Crippen molar-refractivity contribution in [2.45, 2.75) is 31.3 Å². The first-order chi connectivity index (χ1) is 10.7. The maximum atomic E-state index is 11.5. The third-order valence-corrected chi connectivity index (χ3v) is 3.77. The Kier molecular flexibility index (Phi) is 7.51. The number of benzene rings is 1. The molecule has 0 atom stereocenters. The van der Waals surface area contributed by atoms with Gasteiger partial charge in [-0.05, 0) is 39.0 Å². The van der Waals surface area contributed by atoms with Gasteiger partial charge in [-0.15, -0.1) is 11.8 Å². The summed E-state index contributed by atoms with van der Waals surface area (Å²) < 4.78 is 10.6. The molecule has 0 aliphatic heterocycles. The Balaban J connectivity index is 2.41. The van der Waals surface area contributed by atoms with Crippen LogP contribution in [0.1, 0.15) is 20.8 Å². The van der Waals surface area contributed by atoms with E-state index in [9.17, 15) is 9.59 Å². The molecule has 8 heteroatoms. The van der Waals surface area contributed by atoms with Gasteiger partial charge in [-0.25, -0.2) is 4.79 Å². The monoisotopic (exact) mass is 361 g/mol. The number of nitrogens with one attached hydrogen (secondary N) is 1. The van der Waals surface area contributed by atoms with E-state index in [1.807, 2.05) is 0 Å². The highest BCUT2D eigenvalue weighted by molar-refractivity contribution is 8.00. The molecule has 2 N–H and O–H groups in total.